The first kappa shape index (κ1) is 22.1. The summed E-state index contributed by atoms with van der Waals surface area (Å²) in [6.45, 7) is 0.559. The molecule has 3 amide bonds. The molecule has 0 aromatic carbocycles. The maximum atomic E-state index is 11.9. The molecule has 3 atom stereocenters. The topological polar surface area (TPSA) is 168 Å². The van der Waals surface area contributed by atoms with Crippen molar-refractivity contribution >= 4 is 34.8 Å². The number of aldehydes is 1. The second-order valence-electron chi connectivity index (χ2n) is 4.85. The number of carbonyl (C=O) groups is 4. The van der Waals surface area contributed by atoms with Crippen molar-refractivity contribution < 1.29 is 28.5 Å². The van der Waals surface area contributed by atoms with Gasteiger partial charge in [0.05, 0.1) is 25.7 Å². The fourth-order valence-corrected chi connectivity index (χ4v) is 2.74. The number of rotatable bonds is 12. The van der Waals surface area contributed by atoms with Crippen LogP contribution in [0.15, 0.2) is 0 Å². The highest BCUT2D eigenvalue weighted by molar-refractivity contribution is 7.85. The molecule has 24 heavy (non-hydrogen) atoms. The maximum Gasteiger partial charge on any atom is 0.245 e. The predicted octanol–water partition coefficient (Wildman–Crippen LogP) is -3.62. The number of hydrogen-bond donors (Lipinski definition) is 5. The number of nitrogens with two attached hydrogens (primary N) is 1. The lowest BCUT2D eigenvalue weighted by molar-refractivity contribution is -0.131. The van der Waals surface area contributed by atoms with E-state index in [9.17, 15) is 28.5 Å². The monoisotopic (exact) mass is 364 g/mol. The van der Waals surface area contributed by atoms with Crippen molar-refractivity contribution in [3.05, 3.63) is 0 Å². The molecule has 138 valence electrons. The molecule has 0 heterocycles. The Balaban J connectivity index is 4.38. The molecule has 6 N–H and O–H groups in total. The van der Waals surface area contributed by atoms with Gasteiger partial charge in [0.25, 0.3) is 0 Å². The molecule has 0 radical (unpaired) electrons. The summed E-state index contributed by atoms with van der Waals surface area (Å²) in [5, 5.41) is 15.8. The zero-order valence-electron chi connectivity index (χ0n) is 13.4. The van der Waals surface area contributed by atoms with Gasteiger partial charge < -0.3 is 31.6 Å². The van der Waals surface area contributed by atoms with Crippen LogP contribution in [-0.2, 0) is 30.0 Å². The van der Waals surface area contributed by atoms with E-state index in [1.54, 1.807) is 0 Å². The highest BCUT2D eigenvalue weighted by Gasteiger charge is 2.24. The fourth-order valence-electron chi connectivity index (χ4n) is 1.57. The quantitative estimate of drug-likeness (QED) is 0.223. The van der Waals surface area contributed by atoms with E-state index in [0.717, 1.165) is 0 Å². The van der Waals surface area contributed by atoms with Crippen LogP contribution < -0.4 is 21.7 Å². The standard InChI is InChI=1S/C13H24N4O6S/c1-2-5-24(23)8-9(14)12(21)17-10(7-19)13(22)16-6-11(20)15-3-4-18/h4,9-10,19H,2-3,5-8,14H2,1H3,(H,15,20)(H,16,22)(H,17,21)/t9?,10-,24?/m0/s1. The number of aliphatic hydroxyl groups is 1. The van der Waals surface area contributed by atoms with Crippen molar-refractivity contribution in [1.82, 2.24) is 16.0 Å². The molecule has 0 spiro atoms. The van der Waals surface area contributed by atoms with Crippen molar-refractivity contribution in [2.24, 2.45) is 5.73 Å². The van der Waals surface area contributed by atoms with Gasteiger partial charge in [0.15, 0.2) is 0 Å². The molecule has 0 saturated heterocycles. The van der Waals surface area contributed by atoms with Crippen molar-refractivity contribution in [1.29, 1.82) is 0 Å². The van der Waals surface area contributed by atoms with Gasteiger partial charge in [0.1, 0.15) is 12.3 Å². The van der Waals surface area contributed by atoms with E-state index in [4.69, 9.17) is 5.73 Å². The second kappa shape index (κ2) is 12.6. The lowest BCUT2D eigenvalue weighted by Crippen LogP contribution is -2.55. The number of nitrogens with one attached hydrogen (secondary N) is 3. The van der Waals surface area contributed by atoms with Gasteiger partial charge in [-0.15, -0.1) is 0 Å². The highest BCUT2D eigenvalue weighted by atomic mass is 32.2. The second-order valence-corrected chi connectivity index (χ2v) is 6.47. The van der Waals surface area contributed by atoms with Crippen LogP contribution >= 0.6 is 0 Å². The minimum atomic E-state index is -1.29. The van der Waals surface area contributed by atoms with E-state index >= 15 is 0 Å². The average molecular weight is 364 g/mol. The van der Waals surface area contributed by atoms with Crippen LogP contribution in [0.3, 0.4) is 0 Å². The van der Waals surface area contributed by atoms with Crippen LogP contribution in [-0.4, -0.2) is 76.6 Å². The van der Waals surface area contributed by atoms with Gasteiger partial charge in [-0.1, -0.05) is 6.92 Å². The van der Waals surface area contributed by atoms with Gasteiger partial charge in [0.2, 0.25) is 17.7 Å². The molecule has 0 aliphatic heterocycles. The van der Waals surface area contributed by atoms with Crippen molar-refractivity contribution in [3.8, 4) is 0 Å². The summed E-state index contributed by atoms with van der Waals surface area (Å²) >= 11 is 0. The van der Waals surface area contributed by atoms with Crippen LogP contribution in [0.1, 0.15) is 13.3 Å². The first-order valence-corrected chi connectivity index (χ1v) is 8.84. The molecule has 0 bridgehead atoms. The summed E-state index contributed by atoms with van der Waals surface area (Å²) in [4.78, 5) is 45.0. The van der Waals surface area contributed by atoms with Gasteiger partial charge in [0, 0.05) is 22.3 Å². The normalized spacial score (nSPS) is 14.1. The summed E-state index contributed by atoms with van der Waals surface area (Å²) in [6.07, 6.45) is 1.18. The van der Waals surface area contributed by atoms with E-state index in [1.807, 2.05) is 6.92 Å². The van der Waals surface area contributed by atoms with Crippen LogP contribution in [0.5, 0.6) is 0 Å². The summed E-state index contributed by atoms with van der Waals surface area (Å²) in [6, 6.07) is -2.36. The fraction of sp³-hybridized carbons (Fsp3) is 0.692. The number of aliphatic hydroxyl groups excluding tert-OH is 1. The molecule has 0 aliphatic rings. The van der Waals surface area contributed by atoms with Crippen LogP contribution in [0.4, 0.5) is 0 Å². The molecule has 10 nitrogen and oxygen atoms in total. The van der Waals surface area contributed by atoms with Crippen LogP contribution in [0.2, 0.25) is 0 Å². The zero-order valence-corrected chi connectivity index (χ0v) is 14.3. The Morgan fingerprint density at radius 3 is 2.46 bits per heavy atom. The molecular weight excluding hydrogens is 340 g/mol. The Bertz CT molecular complexity index is 473. The third kappa shape index (κ3) is 9.33. The van der Waals surface area contributed by atoms with Crippen molar-refractivity contribution in [2.45, 2.75) is 25.4 Å². The van der Waals surface area contributed by atoms with E-state index in [0.29, 0.717) is 18.5 Å². The van der Waals surface area contributed by atoms with Gasteiger partial charge in [-0.25, -0.2) is 0 Å². The molecule has 0 saturated carbocycles. The minimum Gasteiger partial charge on any atom is -0.394 e. The number of carbonyl (C=O) groups excluding carboxylic acids is 4. The molecular formula is C13H24N4O6S. The summed E-state index contributed by atoms with van der Waals surface area (Å²) in [5.74, 6) is -1.73. The summed E-state index contributed by atoms with van der Waals surface area (Å²) < 4.78 is 11.6. The van der Waals surface area contributed by atoms with Crippen LogP contribution in [0.25, 0.3) is 0 Å². The third-order valence-corrected chi connectivity index (χ3v) is 4.35. The van der Waals surface area contributed by atoms with Gasteiger partial charge >= 0.3 is 0 Å². The average Bonchev–Trinajstić information content (AvgIpc) is 2.55. The lowest BCUT2D eigenvalue weighted by Gasteiger charge is -2.18. The van der Waals surface area contributed by atoms with Gasteiger partial charge in [-0.2, -0.15) is 0 Å². The molecule has 2 unspecified atom stereocenters. The van der Waals surface area contributed by atoms with E-state index in [1.165, 1.54) is 0 Å². The minimum absolute atomic E-state index is 0.0481. The first-order chi connectivity index (χ1) is 11.3. The molecule has 0 aromatic heterocycles. The number of amides is 3. The van der Waals surface area contributed by atoms with Crippen molar-refractivity contribution in [2.75, 3.05) is 31.2 Å². The molecule has 0 aliphatic carbocycles. The largest absolute Gasteiger partial charge is 0.394 e. The first-order valence-electron chi connectivity index (χ1n) is 7.35. The highest BCUT2D eigenvalue weighted by Crippen LogP contribution is 1.93. The van der Waals surface area contributed by atoms with E-state index in [-0.39, 0.29) is 12.3 Å². The Hall–Kier alpha value is -1.85. The third-order valence-electron chi connectivity index (χ3n) is 2.76. The van der Waals surface area contributed by atoms with E-state index < -0.39 is 53.8 Å². The Labute approximate surface area is 142 Å². The summed E-state index contributed by atoms with van der Waals surface area (Å²) in [5.41, 5.74) is 5.61. The molecule has 0 fully saturated rings. The summed E-state index contributed by atoms with van der Waals surface area (Å²) in [7, 11) is -1.24. The smallest absolute Gasteiger partial charge is 0.245 e. The molecule has 0 rings (SSSR count). The van der Waals surface area contributed by atoms with Gasteiger partial charge in [-0.3, -0.25) is 18.6 Å². The Kier molecular flexibility index (Phi) is 11.6. The SMILES string of the molecule is CCCS(=O)CC(N)C(=O)N[C@@H](CO)C(=O)NCC(=O)NCC=O. The Morgan fingerprint density at radius 1 is 1.25 bits per heavy atom. The molecule has 11 heteroatoms. The Morgan fingerprint density at radius 2 is 1.92 bits per heavy atom. The number of hydrogen-bond acceptors (Lipinski definition) is 7. The van der Waals surface area contributed by atoms with E-state index in [2.05, 4.69) is 16.0 Å². The van der Waals surface area contributed by atoms with Crippen LogP contribution in [0, 0.1) is 0 Å². The van der Waals surface area contributed by atoms with Crippen molar-refractivity contribution in [3.63, 3.8) is 0 Å². The lowest BCUT2D eigenvalue weighted by atomic mass is 10.2. The predicted molar refractivity (Wildman–Crippen MR) is 87.2 cm³/mol. The maximum absolute atomic E-state index is 11.9. The van der Waals surface area contributed by atoms with Gasteiger partial charge in [-0.05, 0) is 6.42 Å². The molecule has 0 aromatic rings. The zero-order chi connectivity index (χ0) is 18.5.